The molecule has 0 bridgehead atoms. The molecule has 1 fully saturated rings. The third-order valence-electron chi connectivity index (χ3n) is 5.61. The fourth-order valence-electron chi connectivity index (χ4n) is 3.99. The monoisotopic (exact) mass is 404 g/mol. The van der Waals surface area contributed by atoms with Gasteiger partial charge in [-0.2, -0.15) is 0 Å². The first-order chi connectivity index (χ1) is 14.2. The van der Waals surface area contributed by atoms with Crippen LogP contribution in [0.2, 0.25) is 0 Å². The van der Waals surface area contributed by atoms with Crippen LogP contribution in [-0.4, -0.2) is 24.5 Å². The maximum atomic E-state index is 11.6. The lowest BCUT2D eigenvalue weighted by Crippen LogP contribution is -2.40. The Kier molecular flexibility index (Phi) is 12.0. The van der Waals surface area contributed by atoms with Gasteiger partial charge in [0.1, 0.15) is 6.10 Å². The van der Waals surface area contributed by atoms with E-state index in [1.54, 1.807) is 0 Å². The molecule has 0 spiro atoms. The van der Waals surface area contributed by atoms with Gasteiger partial charge in [-0.1, -0.05) is 82.2 Å². The maximum absolute atomic E-state index is 11.6. The fourth-order valence-corrected chi connectivity index (χ4v) is 3.99. The zero-order valence-corrected chi connectivity index (χ0v) is 18.4. The predicted molar refractivity (Wildman–Crippen MR) is 117 cm³/mol. The maximum Gasteiger partial charge on any atom is 0.302 e. The number of unbranched alkanes of at least 4 members (excludes halogenated alkanes) is 7. The van der Waals surface area contributed by atoms with Crippen molar-refractivity contribution in [3.8, 4) is 0 Å². The number of hydrogen-bond acceptors (Lipinski definition) is 4. The van der Waals surface area contributed by atoms with Crippen molar-refractivity contribution < 1.29 is 19.0 Å². The smallest absolute Gasteiger partial charge is 0.302 e. The number of benzene rings is 1. The molecule has 29 heavy (non-hydrogen) atoms. The Morgan fingerprint density at radius 1 is 1.03 bits per heavy atom. The van der Waals surface area contributed by atoms with E-state index in [0.29, 0.717) is 6.61 Å². The van der Waals surface area contributed by atoms with Crippen molar-refractivity contribution in [2.24, 2.45) is 0 Å². The molecule has 0 saturated carbocycles. The molecule has 1 saturated heterocycles. The molecule has 1 heterocycles. The van der Waals surface area contributed by atoms with Gasteiger partial charge in [-0.15, -0.1) is 0 Å². The molecule has 4 nitrogen and oxygen atoms in total. The van der Waals surface area contributed by atoms with Crippen LogP contribution >= 0.6 is 0 Å². The summed E-state index contributed by atoms with van der Waals surface area (Å²) in [5.74, 6) is -0.217. The third kappa shape index (κ3) is 10.3. The largest absolute Gasteiger partial charge is 0.460 e. The Morgan fingerprint density at radius 3 is 2.41 bits per heavy atom. The number of ether oxygens (including phenoxy) is 3. The minimum atomic E-state index is -0.217. The Balaban J connectivity index is 1.72. The summed E-state index contributed by atoms with van der Waals surface area (Å²) in [4.78, 5) is 11.6. The van der Waals surface area contributed by atoms with Gasteiger partial charge in [0.25, 0.3) is 0 Å². The van der Waals surface area contributed by atoms with E-state index in [4.69, 9.17) is 14.2 Å². The van der Waals surface area contributed by atoms with Crippen molar-refractivity contribution in [3.63, 3.8) is 0 Å². The molecule has 0 aromatic heterocycles. The Labute approximate surface area is 177 Å². The molecular weight excluding hydrogens is 364 g/mol. The molecule has 0 aliphatic carbocycles. The molecule has 1 aromatic carbocycles. The van der Waals surface area contributed by atoms with E-state index in [9.17, 15) is 4.79 Å². The summed E-state index contributed by atoms with van der Waals surface area (Å²) in [7, 11) is 0. The Hall–Kier alpha value is -1.39. The van der Waals surface area contributed by atoms with Gasteiger partial charge in [0.2, 0.25) is 0 Å². The van der Waals surface area contributed by atoms with Crippen LogP contribution in [0.25, 0.3) is 0 Å². The van der Waals surface area contributed by atoms with Gasteiger partial charge >= 0.3 is 5.97 Å². The number of hydrogen-bond donors (Lipinski definition) is 0. The van der Waals surface area contributed by atoms with Crippen LogP contribution in [0.4, 0.5) is 0 Å². The number of carbonyl (C=O) groups excluding carboxylic acids is 1. The predicted octanol–water partition coefficient (Wildman–Crippen LogP) is 6.56. The third-order valence-corrected chi connectivity index (χ3v) is 5.61. The highest BCUT2D eigenvalue weighted by molar-refractivity contribution is 5.66. The number of carbonyl (C=O) groups is 1. The minimum absolute atomic E-state index is 0.0574. The molecule has 3 atom stereocenters. The van der Waals surface area contributed by atoms with Crippen molar-refractivity contribution in [2.45, 2.75) is 116 Å². The van der Waals surface area contributed by atoms with Crippen LogP contribution < -0.4 is 0 Å². The van der Waals surface area contributed by atoms with Crippen LogP contribution in [0.15, 0.2) is 30.3 Å². The molecule has 2 rings (SSSR count). The van der Waals surface area contributed by atoms with E-state index in [1.165, 1.54) is 51.9 Å². The lowest BCUT2D eigenvalue weighted by molar-refractivity contribution is -0.225. The highest BCUT2D eigenvalue weighted by Gasteiger charge is 2.31. The topological polar surface area (TPSA) is 44.8 Å². The summed E-state index contributed by atoms with van der Waals surface area (Å²) in [6.07, 6.45) is 13.5. The molecule has 0 amide bonds. The van der Waals surface area contributed by atoms with Crippen molar-refractivity contribution in [1.29, 1.82) is 0 Å². The van der Waals surface area contributed by atoms with Gasteiger partial charge in [-0.3, -0.25) is 4.79 Å². The summed E-state index contributed by atoms with van der Waals surface area (Å²) in [5, 5.41) is 0. The molecule has 0 radical (unpaired) electrons. The van der Waals surface area contributed by atoms with Gasteiger partial charge in [-0.05, 0) is 37.7 Å². The van der Waals surface area contributed by atoms with Gasteiger partial charge in [-0.25, -0.2) is 0 Å². The molecule has 1 aliphatic rings. The van der Waals surface area contributed by atoms with Gasteiger partial charge < -0.3 is 14.2 Å². The van der Waals surface area contributed by atoms with Crippen molar-refractivity contribution >= 4 is 5.97 Å². The first-order valence-electron chi connectivity index (χ1n) is 11.7. The molecule has 1 aromatic rings. The van der Waals surface area contributed by atoms with E-state index in [1.807, 2.05) is 18.2 Å². The summed E-state index contributed by atoms with van der Waals surface area (Å²) < 4.78 is 17.8. The van der Waals surface area contributed by atoms with E-state index in [2.05, 4.69) is 19.1 Å². The second-order valence-corrected chi connectivity index (χ2v) is 8.24. The normalized spacial score (nSPS) is 20.3. The van der Waals surface area contributed by atoms with Crippen LogP contribution in [0.3, 0.4) is 0 Å². The van der Waals surface area contributed by atoms with Gasteiger partial charge in [0, 0.05) is 6.92 Å². The van der Waals surface area contributed by atoms with Gasteiger partial charge in [0.05, 0.1) is 12.7 Å². The highest BCUT2D eigenvalue weighted by atomic mass is 16.7. The van der Waals surface area contributed by atoms with Crippen LogP contribution in [0.1, 0.15) is 96.5 Å². The van der Waals surface area contributed by atoms with Crippen LogP contribution in [-0.2, 0) is 25.6 Å². The average Bonchev–Trinajstić information content (AvgIpc) is 2.74. The van der Waals surface area contributed by atoms with Crippen molar-refractivity contribution in [3.05, 3.63) is 35.9 Å². The average molecular weight is 405 g/mol. The Morgan fingerprint density at radius 2 is 1.72 bits per heavy atom. The van der Waals surface area contributed by atoms with E-state index in [-0.39, 0.29) is 24.5 Å². The van der Waals surface area contributed by atoms with Crippen molar-refractivity contribution in [2.75, 3.05) is 0 Å². The fraction of sp³-hybridized carbons (Fsp3) is 0.720. The zero-order valence-electron chi connectivity index (χ0n) is 18.4. The molecule has 1 unspecified atom stereocenters. The molecule has 164 valence electrons. The van der Waals surface area contributed by atoms with Gasteiger partial charge in [0.15, 0.2) is 6.29 Å². The van der Waals surface area contributed by atoms with E-state index in [0.717, 1.165) is 37.7 Å². The lowest BCUT2D eigenvalue weighted by Gasteiger charge is -2.34. The standard InChI is InChI=1S/C25H40O4/c1-3-4-5-6-7-8-9-13-17-23(28-21(2)26)24-18-14-19-25(29-24)27-20-22-15-11-10-12-16-22/h10-12,15-16,23-25H,3-9,13-14,17-20H2,1-2H3/t23-,24+,25?/m0/s1. The minimum Gasteiger partial charge on any atom is -0.460 e. The van der Waals surface area contributed by atoms with E-state index >= 15 is 0 Å². The summed E-state index contributed by atoms with van der Waals surface area (Å²) >= 11 is 0. The zero-order chi connectivity index (χ0) is 20.7. The summed E-state index contributed by atoms with van der Waals surface area (Å²) in [6.45, 7) is 4.29. The number of esters is 1. The summed E-state index contributed by atoms with van der Waals surface area (Å²) in [6, 6.07) is 10.2. The first kappa shape index (κ1) is 23.9. The molecule has 0 N–H and O–H groups in total. The Bertz CT molecular complexity index is 545. The molecule has 4 heteroatoms. The van der Waals surface area contributed by atoms with E-state index < -0.39 is 0 Å². The first-order valence-corrected chi connectivity index (χ1v) is 11.7. The van der Waals surface area contributed by atoms with Crippen molar-refractivity contribution in [1.82, 2.24) is 0 Å². The highest BCUT2D eigenvalue weighted by Crippen LogP contribution is 2.27. The number of rotatable bonds is 14. The SMILES string of the molecule is CCCCCCCCCC[C@H](OC(C)=O)[C@H]1CCCC(OCc2ccccc2)O1. The second kappa shape index (κ2) is 14.6. The molecule has 1 aliphatic heterocycles. The quantitative estimate of drug-likeness (QED) is 0.260. The summed E-state index contributed by atoms with van der Waals surface area (Å²) in [5.41, 5.74) is 1.15. The van der Waals surface area contributed by atoms with Crippen LogP contribution in [0, 0.1) is 0 Å². The molecular formula is C25H40O4. The lowest BCUT2D eigenvalue weighted by atomic mass is 9.98. The second-order valence-electron chi connectivity index (χ2n) is 8.24. The van der Waals surface area contributed by atoms with Crippen LogP contribution in [0.5, 0.6) is 0 Å².